The van der Waals surface area contributed by atoms with Crippen LogP contribution in [0.4, 0.5) is 0 Å². The lowest BCUT2D eigenvalue weighted by molar-refractivity contribution is -0.167. The molecule has 76 heavy (non-hydrogen) atoms. The topological polar surface area (TPSA) is 78.9 Å². The molecule has 0 aromatic carbocycles. The van der Waals surface area contributed by atoms with Gasteiger partial charge in [-0.2, -0.15) is 0 Å². The quantitative estimate of drug-likeness (QED) is 0.0261. The average Bonchev–Trinajstić information content (AvgIpc) is 3.42. The zero-order valence-electron chi connectivity index (χ0n) is 49.5. The molecule has 1 atom stereocenters. The Morgan fingerprint density at radius 3 is 0.816 bits per heavy atom. The number of esters is 3. The van der Waals surface area contributed by atoms with E-state index in [-0.39, 0.29) is 31.1 Å². The molecule has 0 spiro atoms. The van der Waals surface area contributed by atoms with Gasteiger partial charge in [-0.15, -0.1) is 0 Å². The summed E-state index contributed by atoms with van der Waals surface area (Å²) < 4.78 is 16.9. The van der Waals surface area contributed by atoms with Crippen molar-refractivity contribution in [1.29, 1.82) is 0 Å². The maximum Gasteiger partial charge on any atom is 0.306 e. The third-order valence-electron chi connectivity index (χ3n) is 13.2. The molecule has 6 nitrogen and oxygen atoms in total. The molecule has 432 valence electrons. The maximum absolute atomic E-state index is 12.9. The summed E-state index contributed by atoms with van der Waals surface area (Å²) in [5.74, 6) is -0.928. The Balaban J connectivity index is 4.39. The van der Waals surface area contributed by atoms with Gasteiger partial charge in [0.25, 0.3) is 0 Å². The van der Waals surface area contributed by atoms with Crippen LogP contribution in [0.5, 0.6) is 0 Å². The summed E-state index contributed by atoms with van der Waals surface area (Å²) in [7, 11) is 0. The van der Waals surface area contributed by atoms with Gasteiger partial charge in [0.2, 0.25) is 0 Å². The van der Waals surface area contributed by atoms with Crippen molar-refractivity contribution in [3.63, 3.8) is 0 Å². The molecular formula is C70H116O6. The van der Waals surface area contributed by atoms with Crippen molar-refractivity contribution in [2.75, 3.05) is 13.2 Å². The maximum atomic E-state index is 12.9. The number of carbonyl (C=O) groups is 3. The van der Waals surface area contributed by atoms with Crippen LogP contribution < -0.4 is 0 Å². The highest BCUT2D eigenvalue weighted by atomic mass is 16.6. The predicted octanol–water partition coefficient (Wildman–Crippen LogP) is 21.6. The average molecular weight is 1050 g/mol. The van der Waals surface area contributed by atoms with Gasteiger partial charge in [-0.05, 0) is 116 Å². The number of hydrogen-bond donors (Lipinski definition) is 0. The van der Waals surface area contributed by atoms with Gasteiger partial charge < -0.3 is 14.2 Å². The van der Waals surface area contributed by atoms with Gasteiger partial charge in [-0.3, -0.25) is 14.4 Å². The van der Waals surface area contributed by atoms with Crippen LogP contribution in [0.3, 0.4) is 0 Å². The van der Waals surface area contributed by atoms with E-state index in [0.717, 1.165) is 148 Å². The van der Waals surface area contributed by atoms with Crippen LogP contribution in [0, 0.1) is 0 Å². The van der Waals surface area contributed by atoms with E-state index in [0.29, 0.717) is 19.3 Å². The van der Waals surface area contributed by atoms with E-state index in [9.17, 15) is 14.4 Å². The van der Waals surface area contributed by atoms with Crippen LogP contribution in [-0.4, -0.2) is 37.2 Å². The van der Waals surface area contributed by atoms with Gasteiger partial charge in [0.1, 0.15) is 13.2 Å². The van der Waals surface area contributed by atoms with Crippen molar-refractivity contribution in [3.8, 4) is 0 Å². The Hall–Kier alpha value is -4.19. The molecule has 0 rings (SSSR count). The third-order valence-corrected chi connectivity index (χ3v) is 13.2. The second-order valence-electron chi connectivity index (χ2n) is 20.6. The molecule has 0 bridgehead atoms. The number of hydrogen-bond acceptors (Lipinski definition) is 6. The molecule has 0 aliphatic carbocycles. The highest BCUT2D eigenvalue weighted by Crippen LogP contribution is 2.15. The summed E-state index contributed by atoms with van der Waals surface area (Å²) in [6, 6.07) is 0. The number of allylic oxidation sites excluding steroid dienone is 20. The second-order valence-corrected chi connectivity index (χ2v) is 20.6. The molecule has 0 saturated heterocycles. The lowest BCUT2D eigenvalue weighted by Gasteiger charge is -2.18. The van der Waals surface area contributed by atoms with Crippen LogP contribution in [0.15, 0.2) is 122 Å². The molecule has 0 saturated carbocycles. The van der Waals surface area contributed by atoms with E-state index in [4.69, 9.17) is 14.2 Å². The fraction of sp³-hybridized carbons (Fsp3) is 0.671. The summed E-state index contributed by atoms with van der Waals surface area (Å²) in [5.41, 5.74) is 0. The number of ether oxygens (including phenoxy) is 3. The summed E-state index contributed by atoms with van der Waals surface area (Å²) in [5, 5.41) is 0. The number of rotatable bonds is 56. The largest absolute Gasteiger partial charge is 0.462 e. The Morgan fingerprint density at radius 1 is 0.276 bits per heavy atom. The van der Waals surface area contributed by atoms with Gasteiger partial charge >= 0.3 is 17.9 Å². The van der Waals surface area contributed by atoms with Gasteiger partial charge in [0.15, 0.2) is 6.10 Å². The van der Waals surface area contributed by atoms with Crippen molar-refractivity contribution in [2.24, 2.45) is 0 Å². The Bertz CT molecular complexity index is 1590. The van der Waals surface area contributed by atoms with Crippen LogP contribution in [0.1, 0.15) is 284 Å². The predicted molar refractivity (Wildman–Crippen MR) is 330 cm³/mol. The minimum atomic E-state index is -0.798. The van der Waals surface area contributed by atoms with Gasteiger partial charge in [-0.1, -0.05) is 271 Å². The van der Waals surface area contributed by atoms with Gasteiger partial charge in [0.05, 0.1) is 0 Å². The lowest BCUT2D eigenvalue weighted by Crippen LogP contribution is -2.30. The minimum Gasteiger partial charge on any atom is -0.462 e. The fourth-order valence-electron chi connectivity index (χ4n) is 8.49. The van der Waals surface area contributed by atoms with E-state index in [1.54, 1.807) is 0 Å². The summed E-state index contributed by atoms with van der Waals surface area (Å²) >= 11 is 0. The first-order chi connectivity index (χ1) is 37.5. The Labute approximate surface area is 469 Å². The highest BCUT2D eigenvalue weighted by Gasteiger charge is 2.19. The monoisotopic (exact) mass is 1050 g/mol. The molecule has 0 aliphatic heterocycles. The summed E-state index contributed by atoms with van der Waals surface area (Å²) in [6.07, 6.45) is 87.7. The van der Waals surface area contributed by atoms with E-state index in [1.807, 2.05) is 0 Å². The van der Waals surface area contributed by atoms with Crippen molar-refractivity contribution < 1.29 is 28.6 Å². The first-order valence-corrected chi connectivity index (χ1v) is 31.5. The molecule has 0 amide bonds. The van der Waals surface area contributed by atoms with Crippen LogP contribution in [0.2, 0.25) is 0 Å². The van der Waals surface area contributed by atoms with Crippen LogP contribution in [0.25, 0.3) is 0 Å². The standard InChI is InChI=1S/C70H116O6/c1-4-7-10-13-16-19-22-25-27-29-30-31-32-33-34-35-36-37-38-39-40-41-43-45-48-51-54-57-60-63-69(72)75-66-67(65-74-68(71)62-59-56-53-50-47-44-24-21-18-15-12-9-6-3)76-70(73)64-61-58-55-52-49-46-42-28-26-23-20-17-14-11-8-5-2/h7,10,16,19-20,23,25,27-28,30-31,33-34,36-37,39-40,42-43,45,67H,4-6,8-9,11-15,17-18,21-22,24,26,29,32,35,38,41,44,46-66H2,1-3H3/b10-7-,19-16-,23-20-,27-25-,31-30-,34-33-,37-36-,40-39-,42-28-,45-43-. The molecule has 0 aromatic heterocycles. The van der Waals surface area contributed by atoms with Crippen molar-refractivity contribution in [3.05, 3.63) is 122 Å². The third kappa shape index (κ3) is 60.7. The van der Waals surface area contributed by atoms with Crippen molar-refractivity contribution in [1.82, 2.24) is 0 Å². The molecule has 1 unspecified atom stereocenters. The normalized spacial score (nSPS) is 12.9. The first-order valence-electron chi connectivity index (χ1n) is 31.5. The molecular weight excluding hydrogens is 937 g/mol. The first kappa shape index (κ1) is 71.8. The van der Waals surface area contributed by atoms with Crippen molar-refractivity contribution >= 4 is 17.9 Å². The number of carbonyl (C=O) groups excluding carboxylic acids is 3. The highest BCUT2D eigenvalue weighted by molar-refractivity contribution is 5.71. The number of unbranched alkanes of at least 4 members (excludes halogenated alkanes) is 25. The zero-order valence-corrected chi connectivity index (χ0v) is 49.5. The van der Waals surface area contributed by atoms with E-state index in [2.05, 4.69) is 142 Å². The Morgan fingerprint density at radius 2 is 0.513 bits per heavy atom. The molecule has 0 N–H and O–H groups in total. The molecule has 0 heterocycles. The van der Waals surface area contributed by atoms with E-state index >= 15 is 0 Å². The summed E-state index contributed by atoms with van der Waals surface area (Å²) in [6.45, 7) is 6.48. The lowest BCUT2D eigenvalue weighted by atomic mass is 10.0. The Kier molecular flexibility index (Phi) is 59.9. The van der Waals surface area contributed by atoms with Crippen molar-refractivity contribution in [2.45, 2.75) is 290 Å². The molecule has 0 aromatic rings. The molecule has 0 radical (unpaired) electrons. The fourth-order valence-corrected chi connectivity index (χ4v) is 8.49. The van der Waals surface area contributed by atoms with Crippen LogP contribution in [-0.2, 0) is 28.6 Å². The molecule has 0 fully saturated rings. The second kappa shape index (κ2) is 63.3. The van der Waals surface area contributed by atoms with Crippen LogP contribution >= 0.6 is 0 Å². The molecule has 6 heteroatoms. The van der Waals surface area contributed by atoms with Gasteiger partial charge in [0, 0.05) is 19.3 Å². The zero-order chi connectivity index (χ0) is 55.0. The van der Waals surface area contributed by atoms with E-state index in [1.165, 1.54) is 96.3 Å². The summed E-state index contributed by atoms with van der Waals surface area (Å²) in [4.78, 5) is 38.2. The van der Waals surface area contributed by atoms with E-state index < -0.39 is 6.10 Å². The smallest absolute Gasteiger partial charge is 0.306 e. The SMILES string of the molecule is CC/C=C\C/C=C\C/C=C\C/C=C\C/C=C\C/C=C\C/C=C\C/C=C\CCCCCCC(=O)OCC(COC(=O)CCCCCCCCCCCCCCC)OC(=O)CCCCCCC/C=C\C/C=C\CCCCCC. The minimum absolute atomic E-state index is 0.0919. The van der Waals surface area contributed by atoms with Gasteiger partial charge in [-0.25, -0.2) is 0 Å². The molecule has 0 aliphatic rings.